The molecule has 13 aliphatic rings. The average molecular weight is 837 g/mol. The minimum atomic E-state index is -2.17. The first-order valence-electron chi connectivity index (χ1n) is 22.1. The third kappa shape index (κ3) is 3.27. The molecular formula is C46H52N4O11. The fourth-order valence-corrected chi connectivity index (χ4v) is 18.9. The van der Waals surface area contributed by atoms with Gasteiger partial charge in [0.2, 0.25) is 0 Å². The van der Waals surface area contributed by atoms with Gasteiger partial charge in [0.15, 0.2) is 11.2 Å². The quantitative estimate of drug-likeness (QED) is 0.334. The summed E-state index contributed by atoms with van der Waals surface area (Å²) in [6.07, 6.45) is 2.74. The van der Waals surface area contributed by atoms with Crippen molar-refractivity contribution in [1.29, 1.82) is 0 Å². The van der Waals surface area contributed by atoms with Gasteiger partial charge in [-0.3, -0.25) is 19.6 Å². The van der Waals surface area contributed by atoms with Crippen molar-refractivity contribution in [3.63, 3.8) is 0 Å². The summed E-state index contributed by atoms with van der Waals surface area (Å²) in [5.74, 6) is -2.70. The molecule has 6 saturated carbocycles. The van der Waals surface area contributed by atoms with Crippen LogP contribution in [0.4, 0.5) is 21.0 Å². The number of ether oxygens (including phenoxy) is 5. The molecule has 7 aliphatic heterocycles. The number of anilines is 2. The van der Waals surface area contributed by atoms with E-state index in [1.165, 1.54) is 28.4 Å². The van der Waals surface area contributed by atoms with Crippen LogP contribution in [0.15, 0.2) is 48.5 Å². The SMILES string of the molecule is COC(=O)N1c2ccccc2[C@@]23[C@@H]4[C@@H]5[C@H](O[C@@H]4N4CCC[C@@]6(CC[C@@]12[C@](O)(C(=O)OC)C6)[C@H]43)N1CCC[C@@]23CC[C@]4(N(C(=O)OC)c6ccccc6[C@@]54[C@@H]12)[C@](O)(C(=O)OC)C3. The maximum absolute atomic E-state index is 14.8. The molecule has 6 spiro atoms. The standard InChI is InChI=1S/C46H52N4O11/c1-57-35(51)41(55)23-39-15-9-21-47-31-29(45(33(39)47)25-11-5-7-13-27(25)49(37(53)59-3)43(41,45)19-17-39)30-32(61-31)48-22-10-16-40-18-20-44(42(56,24-40)36(52)58-2)46(30,34(40)48)26-12-6-8-14-28(26)50(44)38(54)60-4/h5-8,11-14,29-34,55-56H,9-10,15-24H2,1-4H3/t29-,30-,31+,32+,33+,34+,39+,40+,41-,42-,43+,44+,45+,46+/m1/s1. The van der Waals surface area contributed by atoms with Gasteiger partial charge in [0.05, 0.1) is 39.8 Å². The van der Waals surface area contributed by atoms with E-state index in [9.17, 15) is 29.4 Å². The minimum Gasteiger partial charge on any atom is -0.467 e. The molecule has 5 saturated heterocycles. The second-order valence-corrected chi connectivity index (χ2v) is 20.3. The third-order valence-corrected chi connectivity index (χ3v) is 19.5. The van der Waals surface area contributed by atoms with Crippen molar-refractivity contribution >= 4 is 35.5 Å². The summed E-state index contributed by atoms with van der Waals surface area (Å²) in [5.41, 5.74) is -8.24. The Kier molecular flexibility index (Phi) is 6.77. The smallest absolute Gasteiger partial charge is 0.414 e. The van der Waals surface area contributed by atoms with Crippen LogP contribution in [-0.2, 0) is 44.1 Å². The number of hydrogen-bond donors (Lipinski definition) is 2. The number of nitrogens with zero attached hydrogens (tertiary/aromatic N) is 4. The fraction of sp³-hybridized carbons (Fsp3) is 0.652. The lowest BCUT2D eigenvalue weighted by Gasteiger charge is -2.74. The molecule has 7 heterocycles. The Balaban J connectivity index is 1.19. The molecule has 11 fully saturated rings. The molecule has 0 aromatic heterocycles. The number of aliphatic hydroxyl groups is 2. The Hall–Kier alpha value is -4.28. The fourth-order valence-electron chi connectivity index (χ4n) is 18.9. The minimum absolute atomic E-state index is 0.0958. The van der Waals surface area contributed by atoms with Gasteiger partial charge in [-0.25, -0.2) is 19.2 Å². The van der Waals surface area contributed by atoms with Crippen LogP contribution in [0.25, 0.3) is 0 Å². The third-order valence-electron chi connectivity index (χ3n) is 19.5. The molecular weight excluding hydrogens is 785 g/mol. The number of rotatable bonds is 2. The molecule has 2 aromatic carbocycles. The number of carbonyl (C=O) groups excluding carboxylic acids is 4. The summed E-state index contributed by atoms with van der Waals surface area (Å²) in [7, 11) is 5.26. The summed E-state index contributed by atoms with van der Waals surface area (Å²) < 4.78 is 30.4. The average Bonchev–Trinajstić information content (AvgIpc) is 4.04. The molecule has 2 N–H and O–H groups in total. The van der Waals surface area contributed by atoms with E-state index in [1.54, 1.807) is 9.80 Å². The second-order valence-electron chi connectivity index (χ2n) is 20.3. The van der Waals surface area contributed by atoms with Gasteiger partial charge in [-0.2, -0.15) is 0 Å². The van der Waals surface area contributed by atoms with Gasteiger partial charge < -0.3 is 33.9 Å². The number of esters is 2. The van der Waals surface area contributed by atoms with E-state index in [1.807, 2.05) is 36.4 Å². The highest BCUT2D eigenvalue weighted by molar-refractivity contribution is 6.01. The molecule has 0 unspecified atom stereocenters. The van der Waals surface area contributed by atoms with E-state index in [0.29, 0.717) is 50.1 Å². The van der Waals surface area contributed by atoms with E-state index < -0.39 is 92.4 Å². The second kappa shape index (κ2) is 11.1. The van der Waals surface area contributed by atoms with Crippen LogP contribution in [0.3, 0.4) is 0 Å². The Morgan fingerprint density at radius 3 is 1.39 bits per heavy atom. The Bertz CT molecular complexity index is 2240. The first-order chi connectivity index (χ1) is 29.4. The van der Waals surface area contributed by atoms with Gasteiger partial charge >= 0.3 is 24.1 Å². The van der Waals surface area contributed by atoms with Crippen molar-refractivity contribution < 1.29 is 53.1 Å². The van der Waals surface area contributed by atoms with Gasteiger partial charge in [-0.15, -0.1) is 0 Å². The van der Waals surface area contributed by atoms with Crippen molar-refractivity contribution in [3.8, 4) is 0 Å². The van der Waals surface area contributed by atoms with Gasteiger partial charge in [-0.05, 0) is 98.3 Å². The molecule has 2 amide bonds. The highest BCUT2D eigenvalue weighted by Gasteiger charge is 2.97. The van der Waals surface area contributed by atoms with Crippen LogP contribution in [0.1, 0.15) is 75.3 Å². The zero-order valence-corrected chi connectivity index (χ0v) is 34.9. The Morgan fingerprint density at radius 1 is 0.590 bits per heavy atom. The van der Waals surface area contributed by atoms with Crippen molar-refractivity contribution in [3.05, 3.63) is 59.7 Å². The Labute approximate surface area is 353 Å². The lowest BCUT2D eigenvalue weighted by Crippen LogP contribution is -2.89. The van der Waals surface area contributed by atoms with Crippen LogP contribution < -0.4 is 9.80 Å². The number of para-hydroxylation sites is 2. The van der Waals surface area contributed by atoms with Crippen molar-refractivity contribution in [2.45, 2.75) is 122 Å². The van der Waals surface area contributed by atoms with Gasteiger partial charge in [0.25, 0.3) is 0 Å². The summed E-state index contributed by atoms with van der Waals surface area (Å²) in [6, 6.07) is 15.0. The molecule has 15 heteroatoms. The number of hydrogen-bond acceptors (Lipinski definition) is 13. The summed E-state index contributed by atoms with van der Waals surface area (Å²) in [4.78, 5) is 67.4. The summed E-state index contributed by atoms with van der Waals surface area (Å²) in [6.45, 7) is 1.40. The monoisotopic (exact) mass is 836 g/mol. The lowest BCUT2D eigenvalue weighted by molar-refractivity contribution is -0.241. The molecule has 2 aromatic rings. The molecule has 61 heavy (non-hydrogen) atoms. The van der Waals surface area contributed by atoms with Gasteiger partial charge in [-0.1, -0.05) is 36.4 Å². The van der Waals surface area contributed by atoms with Crippen LogP contribution in [0.2, 0.25) is 0 Å². The summed E-state index contributed by atoms with van der Waals surface area (Å²) >= 11 is 0. The molecule has 14 atom stereocenters. The highest BCUT2D eigenvalue weighted by atomic mass is 16.6. The maximum atomic E-state index is 14.8. The molecule has 4 bridgehead atoms. The number of benzene rings is 2. The maximum Gasteiger partial charge on any atom is 0.414 e. The zero-order chi connectivity index (χ0) is 42.1. The van der Waals surface area contributed by atoms with E-state index in [2.05, 4.69) is 21.9 Å². The Morgan fingerprint density at radius 2 is 1.00 bits per heavy atom. The predicted octanol–water partition coefficient (Wildman–Crippen LogP) is 3.56. The first kappa shape index (κ1) is 37.3. The van der Waals surface area contributed by atoms with Crippen LogP contribution in [0.5, 0.6) is 0 Å². The van der Waals surface area contributed by atoms with Crippen LogP contribution in [0, 0.1) is 22.7 Å². The highest BCUT2D eigenvalue weighted by Crippen LogP contribution is 2.86. The predicted molar refractivity (Wildman–Crippen MR) is 213 cm³/mol. The molecule has 0 radical (unpaired) electrons. The zero-order valence-electron chi connectivity index (χ0n) is 34.9. The molecule has 15 rings (SSSR count). The number of amides is 2. The summed E-state index contributed by atoms with van der Waals surface area (Å²) in [5, 5.41) is 27.6. The number of carbonyl (C=O) groups is 4. The van der Waals surface area contributed by atoms with E-state index in [4.69, 9.17) is 23.7 Å². The van der Waals surface area contributed by atoms with E-state index in [0.717, 1.165) is 36.8 Å². The van der Waals surface area contributed by atoms with E-state index >= 15 is 0 Å². The van der Waals surface area contributed by atoms with Gasteiger partial charge in [0, 0.05) is 47.8 Å². The molecule has 322 valence electrons. The lowest BCUT2D eigenvalue weighted by atomic mass is 9.32. The van der Waals surface area contributed by atoms with Crippen LogP contribution in [-0.4, -0.2) is 132 Å². The van der Waals surface area contributed by atoms with Gasteiger partial charge in [0.1, 0.15) is 23.5 Å². The van der Waals surface area contributed by atoms with Crippen molar-refractivity contribution in [1.82, 2.24) is 9.80 Å². The largest absolute Gasteiger partial charge is 0.467 e. The van der Waals surface area contributed by atoms with E-state index in [-0.39, 0.29) is 24.9 Å². The number of methoxy groups -OCH3 is 4. The topological polar surface area (TPSA) is 168 Å². The van der Waals surface area contributed by atoms with Crippen molar-refractivity contribution in [2.75, 3.05) is 51.3 Å². The normalized spacial score (nSPS) is 48.2. The molecule has 15 nitrogen and oxygen atoms in total. The molecule has 6 aliphatic carbocycles. The van der Waals surface area contributed by atoms with Crippen LogP contribution >= 0.6 is 0 Å². The number of fused-ring (bicyclic) bond motifs is 11. The number of piperidine rings is 2. The van der Waals surface area contributed by atoms with Crippen molar-refractivity contribution in [2.24, 2.45) is 22.7 Å². The first-order valence-corrected chi connectivity index (χ1v) is 22.1.